The first kappa shape index (κ1) is 20.1. The third kappa shape index (κ3) is 3.66. The second-order valence-corrected chi connectivity index (χ2v) is 7.99. The third-order valence-electron chi connectivity index (χ3n) is 5.87. The van der Waals surface area contributed by atoms with E-state index in [1.165, 1.54) is 11.8 Å². The minimum absolute atomic E-state index is 0.00566. The van der Waals surface area contributed by atoms with Crippen molar-refractivity contribution in [3.05, 3.63) is 84.1 Å². The molecule has 1 atom stereocenters. The number of hydrogen-bond acceptors (Lipinski definition) is 4. The Labute approximate surface area is 185 Å². The van der Waals surface area contributed by atoms with Crippen molar-refractivity contribution in [2.75, 3.05) is 11.4 Å². The van der Waals surface area contributed by atoms with E-state index in [-0.39, 0.29) is 24.1 Å². The van der Waals surface area contributed by atoms with Crippen molar-refractivity contribution in [3.63, 3.8) is 0 Å². The number of rotatable bonds is 5. The van der Waals surface area contributed by atoms with Crippen molar-refractivity contribution in [1.82, 2.24) is 14.9 Å². The Bertz CT molecular complexity index is 1280. The molecule has 3 heterocycles. The van der Waals surface area contributed by atoms with Crippen LogP contribution in [0.15, 0.2) is 71.3 Å². The van der Waals surface area contributed by atoms with Crippen LogP contribution in [0.1, 0.15) is 41.3 Å². The molecule has 162 valence electrons. The molecule has 1 aliphatic heterocycles. The van der Waals surface area contributed by atoms with Gasteiger partial charge in [-0.1, -0.05) is 30.3 Å². The van der Waals surface area contributed by atoms with Crippen LogP contribution in [0.2, 0.25) is 0 Å². The van der Waals surface area contributed by atoms with Crippen LogP contribution in [-0.4, -0.2) is 27.9 Å². The summed E-state index contributed by atoms with van der Waals surface area (Å²) >= 11 is 0. The monoisotopic (exact) mass is 428 g/mol. The molecule has 0 aliphatic carbocycles. The zero-order valence-electron chi connectivity index (χ0n) is 17.8. The number of carbonyl (C=O) groups is 2. The number of nitrogens with one attached hydrogen (secondary N) is 1. The van der Waals surface area contributed by atoms with Crippen LogP contribution < -0.4 is 10.2 Å². The van der Waals surface area contributed by atoms with Gasteiger partial charge >= 0.3 is 0 Å². The van der Waals surface area contributed by atoms with Gasteiger partial charge in [-0.3, -0.25) is 9.59 Å². The predicted molar refractivity (Wildman–Crippen MR) is 121 cm³/mol. The quantitative estimate of drug-likeness (QED) is 0.519. The van der Waals surface area contributed by atoms with E-state index in [4.69, 9.17) is 9.40 Å². The fraction of sp³-hybridized carbons (Fsp3) is 0.240. The molecular formula is C25H24N4O3. The SMILES string of the molecule is CC(NC(=O)c1ccco1)c1nc2ccccc2n1CC(=O)N1CCCc2ccccc21. The van der Waals surface area contributed by atoms with Crippen LogP contribution >= 0.6 is 0 Å². The van der Waals surface area contributed by atoms with Crippen molar-refractivity contribution < 1.29 is 14.0 Å². The second kappa shape index (κ2) is 8.34. The summed E-state index contributed by atoms with van der Waals surface area (Å²) in [5.41, 5.74) is 3.82. The summed E-state index contributed by atoms with van der Waals surface area (Å²) in [6, 6.07) is 18.6. The highest BCUT2D eigenvalue weighted by molar-refractivity contribution is 5.95. The van der Waals surface area contributed by atoms with E-state index in [2.05, 4.69) is 11.4 Å². The van der Waals surface area contributed by atoms with Gasteiger partial charge in [-0.15, -0.1) is 0 Å². The molecule has 4 aromatic rings. The van der Waals surface area contributed by atoms with Crippen LogP contribution in [0, 0.1) is 0 Å². The van der Waals surface area contributed by atoms with Gasteiger partial charge in [-0.05, 0) is 55.7 Å². The van der Waals surface area contributed by atoms with Crippen molar-refractivity contribution in [2.45, 2.75) is 32.4 Å². The fourth-order valence-electron chi connectivity index (χ4n) is 4.34. The molecular weight excluding hydrogens is 404 g/mol. The summed E-state index contributed by atoms with van der Waals surface area (Å²) in [6.45, 7) is 2.70. The largest absolute Gasteiger partial charge is 0.459 e. The summed E-state index contributed by atoms with van der Waals surface area (Å²) in [6.07, 6.45) is 3.38. The zero-order chi connectivity index (χ0) is 22.1. The number of furan rings is 1. The lowest BCUT2D eigenvalue weighted by Crippen LogP contribution is -2.38. The lowest BCUT2D eigenvalue weighted by atomic mass is 10.0. The highest BCUT2D eigenvalue weighted by Crippen LogP contribution is 2.28. The summed E-state index contributed by atoms with van der Waals surface area (Å²) in [7, 11) is 0. The lowest BCUT2D eigenvalue weighted by Gasteiger charge is -2.30. The Hall–Kier alpha value is -3.87. The molecule has 1 unspecified atom stereocenters. The van der Waals surface area contributed by atoms with Crippen LogP contribution in [0.5, 0.6) is 0 Å². The average Bonchev–Trinajstić information content (AvgIpc) is 3.48. The number of nitrogens with zero attached hydrogens (tertiary/aromatic N) is 3. The van der Waals surface area contributed by atoms with Crippen LogP contribution in [0.25, 0.3) is 11.0 Å². The van der Waals surface area contributed by atoms with Gasteiger partial charge in [0.15, 0.2) is 5.76 Å². The maximum absolute atomic E-state index is 13.4. The molecule has 1 aliphatic rings. The van der Waals surface area contributed by atoms with Crippen LogP contribution in [0.3, 0.4) is 0 Å². The van der Waals surface area contributed by atoms with E-state index < -0.39 is 6.04 Å². The number of fused-ring (bicyclic) bond motifs is 2. The molecule has 7 nitrogen and oxygen atoms in total. The first-order chi connectivity index (χ1) is 15.6. The lowest BCUT2D eigenvalue weighted by molar-refractivity contribution is -0.119. The third-order valence-corrected chi connectivity index (χ3v) is 5.87. The number of carbonyl (C=O) groups excluding carboxylic acids is 2. The van der Waals surface area contributed by atoms with Gasteiger partial charge in [0.25, 0.3) is 5.91 Å². The fourth-order valence-corrected chi connectivity index (χ4v) is 4.34. The first-order valence-electron chi connectivity index (χ1n) is 10.8. The molecule has 0 saturated heterocycles. The van der Waals surface area contributed by atoms with Gasteiger partial charge in [-0.25, -0.2) is 4.98 Å². The molecule has 0 saturated carbocycles. The molecule has 0 radical (unpaired) electrons. The summed E-state index contributed by atoms with van der Waals surface area (Å²) in [5, 5.41) is 2.93. The van der Waals surface area contributed by atoms with E-state index in [1.807, 2.05) is 58.9 Å². The van der Waals surface area contributed by atoms with Crippen LogP contribution in [-0.2, 0) is 17.8 Å². The molecule has 32 heavy (non-hydrogen) atoms. The molecule has 2 aromatic carbocycles. The van der Waals surface area contributed by atoms with Crippen LogP contribution in [0.4, 0.5) is 5.69 Å². The molecule has 7 heteroatoms. The normalized spacial score (nSPS) is 14.2. The number of anilines is 1. The summed E-state index contributed by atoms with van der Waals surface area (Å²) < 4.78 is 7.10. The Morgan fingerprint density at radius 3 is 2.75 bits per heavy atom. The number of aryl methyl sites for hydroxylation is 1. The first-order valence-corrected chi connectivity index (χ1v) is 10.8. The maximum Gasteiger partial charge on any atom is 0.287 e. The van der Waals surface area contributed by atoms with Gasteiger partial charge in [-0.2, -0.15) is 0 Å². The van der Waals surface area contributed by atoms with Crippen molar-refractivity contribution in [1.29, 1.82) is 0 Å². The number of hydrogen-bond donors (Lipinski definition) is 1. The Morgan fingerprint density at radius 2 is 1.91 bits per heavy atom. The number of para-hydroxylation sites is 3. The van der Waals surface area contributed by atoms with Gasteiger partial charge in [0, 0.05) is 12.2 Å². The highest BCUT2D eigenvalue weighted by Gasteiger charge is 2.26. The topological polar surface area (TPSA) is 80.4 Å². The average molecular weight is 428 g/mol. The molecule has 5 rings (SSSR count). The number of benzene rings is 2. The molecule has 0 spiro atoms. The summed E-state index contributed by atoms with van der Waals surface area (Å²) in [5.74, 6) is 0.550. The molecule has 1 N–H and O–H groups in total. The van der Waals surface area contributed by atoms with E-state index in [9.17, 15) is 9.59 Å². The Kier molecular flexibility index (Phi) is 5.23. The predicted octanol–water partition coefficient (Wildman–Crippen LogP) is 4.10. The molecule has 0 bridgehead atoms. The standard InChI is InChI=1S/C25H24N4O3/c1-17(26-25(31)22-13-7-15-32-22)24-27-19-10-3-5-12-21(19)29(24)16-23(30)28-14-6-9-18-8-2-4-11-20(18)28/h2-5,7-8,10-13,15,17H,6,9,14,16H2,1H3,(H,26,31). The number of imidazole rings is 1. The number of aromatic nitrogens is 2. The Balaban J connectivity index is 1.46. The zero-order valence-corrected chi connectivity index (χ0v) is 17.8. The van der Waals surface area contributed by atoms with E-state index in [0.717, 1.165) is 29.6 Å². The highest BCUT2D eigenvalue weighted by atomic mass is 16.3. The van der Waals surface area contributed by atoms with E-state index in [0.29, 0.717) is 12.4 Å². The van der Waals surface area contributed by atoms with Gasteiger partial charge in [0.2, 0.25) is 5.91 Å². The minimum atomic E-state index is -0.415. The molecule has 2 aromatic heterocycles. The minimum Gasteiger partial charge on any atom is -0.459 e. The molecule has 0 fully saturated rings. The van der Waals surface area contributed by atoms with Gasteiger partial charge in [0.05, 0.1) is 23.3 Å². The Morgan fingerprint density at radius 1 is 1.09 bits per heavy atom. The van der Waals surface area contributed by atoms with Gasteiger partial charge < -0.3 is 19.2 Å². The van der Waals surface area contributed by atoms with Crippen molar-refractivity contribution in [3.8, 4) is 0 Å². The molecule has 2 amide bonds. The van der Waals surface area contributed by atoms with Gasteiger partial charge in [0.1, 0.15) is 12.4 Å². The maximum atomic E-state index is 13.4. The van der Waals surface area contributed by atoms with E-state index in [1.54, 1.807) is 12.1 Å². The smallest absolute Gasteiger partial charge is 0.287 e. The van der Waals surface area contributed by atoms with Crippen molar-refractivity contribution >= 4 is 28.5 Å². The second-order valence-electron chi connectivity index (χ2n) is 7.99. The van der Waals surface area contributed by atoms with E-state index >= 15 is 0 Å². The van der Waals surface area contributed by atoms with Crippen molar-refractivity contribution in [2.24, 2.45) is 0 Å². The number of amides is 2. The summed E-state index contributed by atoms with van der Waals surface area (Å²) in [4.78, 5) is 32.5.